The highest BCUT2D eigenvalue weighted by molar-refractivity contribution is 5.94. The summed E-state index contributed by atoms with van der Waals surface area (Å²) in [4.78, 5) is 28.7. The maximum atomic E-state index is 12.6. The predicted molar refractivity (Wildman–Crippen MR) is 97.0 cm³/mol. The Kier molecular flexibility index (Phi) is 5.55. The van der Waals surface area contributed by atoms with Gasteiger partial charge in [0.05, 0.1) is 13.2 Å². The second-order valence-electron chi connectivity index (χ2n) is 6.44. The van der Waals surface area contributed by atoms with Crippen molar-refractivity contribution < 1.29 is 14.3 Å². The van der Waals surface area contributed by atoms with Crippen molar-refractivity contribution in [2.45, 2.75) is 19.4 Å². The number of methoxy groups -OCH3 is 1. The first-order valence-electron chi connectivity index (χ1n) is 8.78. The number of nitrogens with zero attached hydrogens (tertiary/aromatic N) is 4. The Hall–Kier alpha value is -2.83. The van der Waals surface area contributed by atoms with Crippen molar-refractivity contribution in [3.05, 3.63) is 48.3 Å². The molecule has 0 aliphatic carbocycles. The van der Waals surface area contributed by atoms with E-state index in [9.17, 15) is 9.59 Å². The molecule has 1 aromatic carbocycles. The minimum atomic E-state index is -0.0269. The van der Waals surface area contributed by atoms with Crippen LogP contribution >= 0.6 is 0 Å². The van der Waals surface area contributed by atoms with E-state index >= 15 is 0 Å². The Labute approximate surface area is 153 Å². The fourth-order valence-corrected chi connectivity index (χ4v) is 3.11. The quantitative estimate of drug-likeness (QED) is 0.820. The molecule has 2 aromatic rings. The average Bonchev–Trinajstić information content (AvgIpc) is 3.22. The van der Waals surface area contributed by atoms with E-state index in [4.69, 9.17) is 4.74 Å². The van der Waals surface area contributed by atoms with Gasteiger partial charge in [0, 0.05) is 50.6 Å². The Morgan fingerprint density at radius 3 is 2.54 bits per heavy atom. The lowest BCUT2D eigenvalue weighted by Gasteiger charge is -2.35. The number of hydrogen-bond acceptors (Lipinski definition) is 4. The van der Waals surface area contributed by atoms with Gasteiger partial charge >= 0.3 is 0 Å². The van der Waals surface area contributed by atoms with Gasteiger partial charge in [-0.3, -0.25) is 14.3 Å². The molecule has 1 saturated heterocycles. The van der Waals surface area contributed by atoms with E-state index in [0.717, 1.165) is 0 Å². The first-order valence-corrected chi connectivity index (χ1v) is 8.78. The zero-order valence-corrected chi connectivity index (χ0v) is 15.2. The molecule has 138 valence electrons. The second-order valence-corrected chi connectivity index (χ2v) is 6.44. The zero-order valence-electron chi connectivity index (χ0n) is 15.2. The van der Waals surface area contributed by atoms with Gasteiger partial charge in [0.2, 0.25) is 5.91 Å². The molecular weight excluding hydrogens is 332 g/mol. The molecule has 1 fully saturated rings. The lowest BCUT2D eigenvalue weighted by Crippen LogP contribution is -2.50. The van der Waals surface area contributed by atoms with Crippen LogP contribution in [-0.4, -0.2) is 64.7 Å². The summed E-state index contributed by atoms with van der Waals surface area (Å²) >= 11 is 0. The molecule has 2 heterocycles. The van der Waals surface area contributed by atoms with Crippen LogP contribution in [0.25, 0.3) is 0 Å². The van der Waals surface area contributed by atoms with Gasteiger partial charge in [-0.1, -0.05) is 6.07 Å². The van der Waals surface area contributed by atoms with Crippen molar-refractivity contribution in [3.8, 4) is 5.75 Å². The van der Waals surface area contributed by atoms with Crippen LogP contribution in [0.5, 0.6) is 5.75 Å². The number of ether oxygens (including phenoxy) is 1. The van der Waals surface area contributed by atoms with Gasteiger partial charge in [0.1, 0.15) is 5.75 Å². The van der Waals surface area contributed by atoms with Crippen LogP contribution in [0, 0.1) is 0 Å². The summed E-state index contributed by atoms with van der Waals surface area (Å²) in [7, 11) is 1.58. The molecule has 0 radical (unpaired) electrons. The molecule has 0 spiro atoms. The lowest BCUT2D eigenvalue weighted by molar-refractivity contribution is -0.133. The Morgan fingerprint density at radius 1 is 1.15 bits per heavy atom. The number of carbonyl (C=O) groups excluding carboxylic acids is 2. The summed E-state index contributed by atoms with van der Waals surface area (Å²) < 4.78 is 6.97. The normalized spacial score (nSPS) is 15.6. The van der Waals surface area contributed by atoms with Crippen molar-refractivity contribution >= 4 is 11.8 Å². The number of piperazine rings is 1. The molecule has 26 heavy (non-hydrogen) atoms. The highest BCUT2D eigenvalue weighted by Crippen LogP contribution is 2.17. The van der Waals surface area contributed by atoms with Crippen LogP contribution in [-0.2, 0) is 4.79 Å². The standard InChI is InChI=1S/C19H24N4O3/c1-15(23-8-4-7-20-23)13-18(24)21-9-11-22(12-10-21)19(25)16-5-3-6-17(14-16)26-2/h3-8,14-15H,9-13H2,1-2H3/t15-/m0/s1. The van der Waals surface area contributed by atoms with Gasteiger partial charge in [-0.15, -0.1) is 0 Å². The van der Waals surface area contributed by atoms with Gasteiger partial charge in [-0.2, -0.15) is 5.10 Å². The Morgan fingerprint density at radius 2 is 1.88 bits per heavy atom. The fraction of sp³-hybridized carbons (Fsp3) is 0.421. The van der Waals surface area contributed by atoms with Crippen LogP contribution in [0.4, 0.5) is 0 Å². The topological polar surface area (TPSA) is 67.7 Å². The Balaban J connectivity index is 1.53. The summed E-state index contributed by atoms with van der Waals surface area (Å²) in [6.45, 7) is 4.17. The van der Waals surface area contributed by atoms with Crippen LogP contribution in [0.15, 0.2) is 42.7 Å². The van der Waals surface area contributed by atoms with Gasteiger partial charge in [0.15, 0.2) is 0 Å². The summed E-state index contributed by atoms with van der Waals surface area (Å²) in [5.41, 5.74) is 0.608. The highest BCUT2D eigenvalue weighted by Gasteiger charge is 2.26. The van der Waals surface area contributed by atoms with Crippen LogP contribution in [0.2, 0.25) is 0 Å². The molecule has 7 heteroatoms. The fourth-order valence-electron chi connectivity index (χ4n) is 3.11. The number of rotatable bonds is 5. The molecule has 0 unspecified atom stereocenters. The third-order valence-electron chi connectivity index (χ3n) is 4.68. The zero-order chi connectivity index (χ0) is 18.5. The van der Waals surface area contributed by atoms with Crippen LogP contribution in [0.1, 0.15) is 29.7 Å². The largest absolute Gasteiger partial charge is 0.497 e. The van der Waals surface area contributed by atoms with E-state index < -0.39 is 0 Å². The van der Waals surface area contributed by atoms with Crippen molar-refractivity contribution in [1.82, 2.24) is 19.6 Å². The maximum absolute atomic E-state index is 12.6. The van der Waals surface area contributed by atoms with Gasteiger partial charge in [-0.25, -0.2) is 0 Å². The van der Waals surface area contributed by atoms with Crippen LogP contribution < -0.4 is 4.74 Å². The van der Waals surface area contributed by atoms with E-state index in [1.54, 1.807) is 35.0 Å². The van der Waals surface area contributed by atoms with E-state index in [1.807, 2.05) is 36.2 Å². The second kappa shape index (κ2) is 8.03. The summed E-state index contributed by atoms with van der Waals surface area (Å²) in [6.07, 6.45) is 3.98. The van der Waals surface area contributed by atoms with E-state index in [2.05, 4.69) is 5.10 Å². The molecule has 1 aliphatic rings. The Bertz CT molecular complexity index is 752. The molecule has 0 saturated carbocycles. The maximum Gasteiger partial charge on any atom is 0.254 e. The first-order chi connectivity index (χ1) is 12.6. The van der Waals surface area contributed by atoms with Gasteiger partial charge in [0.25, 0.3) is 5.91 Å². The van der Waals surface area contributed by atoms with Gasteiger partial charge < -0.3 is 14.5 Å². The van der Waals surface area contributed by atoms with Crippen molar-refractivity contribution in [1.29, 1.82) is 0 Å². The number of carbonyl (C=O) groups is 2. The molecule has 7 nitrogen and oxygen atoms in total. The average molecular weight is 356 g/mol. The first kappa shape index (κ1) is 18.0. The molecule has 1 aliphatic heterocycles. The number of hydrogen-bond donors (Lipinski definition) is 0. The minimum absolute atomic E-state index is 0.0222. The van der Waals surface area contributed by atoms with Crippen molar-refractivity contribution in [2.75, 3.05) is 33.3 Å². The third kappa shape index (κ3) is 4.04. The van der Waals surface area contributed by atoms with Crippen LogP contribution in [0.3, 0.4) is 0 Å². The summed E-state index contributed by atoms with van der Waals surface area (Å²) in [5.74, 6) is 0.736. The third-order valence-corrected chi connectivity index (χ3v) is 4.68. The van der Waals surface area contributed by atoms with E-state index in [-0.39, 0.29) is 17.9 Å². The number of benzene rings is 1. The molecule has 1 atom stereocenters. The SMILES string of the molecule is COc1cccc(C(=O)N2CCN(C(=O)C[C@H](C)n3cccn3)CC2)c1. The monoisotopic (exact) mass is 356 g/mol. The molecular formula is C19H24N4O3. The highest BCUT2D eigenvalue weighted by atomic mass is 16.5. The van der Waals surface area contributed by atoms with Gasteiger partial charge in [-0.05, 0) is 31.2 Å². The number of amides is 2. The van der Waals surface area contributed by atoms with E-state index in [0.29, 0.717) is 43.9 Å². The summed E-state index contributed by atoms with van der Waals surface area (Å²) in [5, 5.41) is 4.18. The molecule has 2 amide bonds. The minimum Gasteiger partial charge on any atom is -0.497 e. The number of aromatic nitrogens is 2. The van der Waals surface area contributed by atoms with Crippen molar-refractivity contribution in [3.63, 3.8) is 0 Å². The smallest absolute Gasteiger partial charge is 0.254 e. The molecule has 0 bridgehead atoms. The molecule has 1 aromatic heterocycles. The van der Waals surface area contributed by atoms with Crippen molar-refractivity contribution in [2.24, 2.45) is 0 Å². The summed E-state index contributed by atoms with van der Waals surface area (Å²) in [6, 6.07) is 9.02. The lowest BCUT2D eigenvalue weighted by atomic mass is 10.1. The van der Waals surface area contributed by atoms with E-state index in [1.165, 1.54) is 0 Å². The predicted octanol–water partition coefficient (Wildman–Crippen LogP) is 1.83. The molecule has 3 rings (SSSR count). The molecule has 0 N–H and O–H groups in total.